The van der Waals surface area contributed by atoms with Gasteiger partial charge in [0.05, 0.1) is 29.9 Å². The van der Waals surface area contributed by atoms with Gasteiger partial charge in [-0.15, -0.1) is 0 Å². The first kappa shape index (κ1) is 41.9. The number of aliphatic carboxylic acids is 1. The fourth-order valence-corrected chi connectivity index (χ4v) is 5.20. The van der Waals surface area contributed by atoms with Gasteiger partial charge in [-0.2, -0.15) is 0 Å². The van der Waals surface area contributed by atoms with E-state index in [4.69, 9.17) is 5.11 Å². The molecular weight excluding hydrogens is 611 g/mol. The van der Waals surface area contributed by atoms with Crippen LogP contribution in [0.2, 0.25) is 0 Å². The second-order valence-corrected chi connectivity index (χ2v) is 10.4. The third-order valence-electron chi connectivity index (χ3n) is 6.93. The Morgan fingerprint density at radius 2 is 1.40 bits per heavy atom. The molecule has 1 heterocycles. The quantitative estimate of drug-likeness (QED) is 0.168. The van der Waals surface area contributed by atoms with Gasteiger partial charge in [0.2, 0.25) is 0 Å². The van der Waals surface area contributed by atoms with Crippen molar-refractivity contribution in [1.29, 1.82) is 0 Å². The van der Waals surface area contributed by atoms with Crippen LogP contribution >= 0.6 is 0 Å². The van der Waals surface area contributed by atoms with E-state index in [1.54, 1.807) is 12.1 Å². The number of nitrogens with zero attached hydrogens (tertiary/aromatic N) is 1. The summed E-state index contributed by atoms with van der Waals surface area (Å²) in [5, 5.41) is 32.8. The molecule has 0 bridgehead atoms. The molecule has 0 aliphatic rings. The molecule has 0 aliphatic carbocycles. The standard InChI is InChI=1S/C33H35FN2O5.Ca.3H2O.2H/c1-21(2)31-30(33(41)35-25-11-7-4-8-12-25)29(22-9-5-3-6-10-22)32(23-13-15-24(34)16-14-23)36(31)18-17-26(37)19-27(38)20-28(39)40;;;;;;/h3-16,21,26-27,37-38H,17-20H2,1-2H3,(H,35,41)(H,39,40);;3*1H2;;/q;+2;;;;2*-1/t26-,27-;;;;;;/m1....../s1. The molecule has 0 spiro atoms. The van der Waals surface area contributed by atoms with Gasteiger partial charge in [0, 0.05) is 23.5 Å². The molecule has 0 aliphatic heterocycles. The molecular formula is C33H43CaFN2O8. The number of carbonyl (C=O) groups is 2. The molecule has 4 aromatic rings. The Morgan fingerprint density at radius 1 is 0.844 bits per heavy atom. The molecule has 45 heavy (non-hydrogen) atoms. The van der Waals surface area contributed by atoms with Crippen molar-refractivity contribution in [1.82, 2.24) is 4.57 Å². The van der Waals surface area contributed by atoms with E-state index in [1.807, 2.05) is 79.1 Å². The Balaban J connectivity index is -0.00000323. The van der Waals surface area contributed by atoms with Gasteiger partial charge in [0.1, 0.15) is 5.82 Å². The van der Waals surface area contributed by atoms with Gasteiger partial charge in [0.15, 0.2) is 0 Å². The number of halogens is 1. The zero-order valence-corrected chi connectivity index (χ0v) is 27.5. The average molecular weight is 655 g/mol. The molecule has 0 saturated carbocycles. The van der Waals surface area contributed by atoms with Crippen molar-refractivity contribution in [2.45, 2.75) is 57.8 Å². The van der Waals surface area contributed by atoms with Crippen LogP contribution in [0, 0.1) is 5.82 Å². The second kappa shape index (κ2) is 19.4. The predicted molar refractivity (Wildman–Crippen MR) is 176 cm³/mol. The number of aliphatic hydroxyl groups excluding tert-OH is 2. The Labute approximate surface area is 294 Å². The number of amides is 1. The Bertz CT molecular complexity index is 1490. The van der Waals surface area contributed by atoms with Gasteiger partial charge in [-0.05, 0) is 66.3 Å². The summed E-state index contributed by atoms with van der Waals surface area (Å²) in [6.45, 7) is 4.25. The number of aliphatic hydroxyl groups is 2. The van der Waals surface area contributed by atoms with E-state index in [1.165, 1.54) is 12.1 Å². The molecule has 1 aromatic heterocycles. The Hall–Kier alpha value is -3.13. The van der Waals surface area contributed by atoms with E-state index in [0.717, 1.165) is 11.3 Å². The number of carbonyl (C=O) groups excluding carboxylic acids is 1. The van der Waals surface area contributed by atoms with Crippen molar-refractivity contribution in [2.75, 3.05) is 5.32 Å². The smallest absolute Gasteiger partial charge is 1.00 e. The van der Waals surface area contributed by atoms with Gasteiger partial charge in [-0.3, -0.25) is 9.59 Å². The van der Waals surface area contributed by atoms with Crippen molar-refractivity contribution >= 4 is 55.3 Å². The zero-order valence-electron chi connectivity index (χ0n) is 27.3. The third-order valence-corrected chi connectivity index (χ3v) is 6.93. The molecule has 0 saturated heterocycles. The summed E-state index contributed by atoms with van der Waals surface area (Å²) in [5.41, 5.74) is 4.77. The van der Waals surface area contributed by atoms with Gasteiger partial charge >= 0.3 is 43.7 Å². The summed E-state index contributed by atoms with van der Waals surface area (Å²) in [6, 6.07) is 24.8. The maximum Gasteiger partial charge on any atom is 2.00 e. The van der Waals surface area contributed by atoms with Crippen LogP contribution in [-0.2, 0) is 11.3 Å². The molecule has 0 radical (unpaired) electrons. The molecule has 3 aromatic carbocycles. The van der Waals surface area contributed by atoms with E-state index >= 15 is 0 Å². The number of para-hydroxylation sites is 1. The van der Waals surface area contributed by atoms with Crippen LogP contribution in [-0.4, -0.2) is 98.1 Å². The van der Waals surface area contributed by atoms with Crippen LogP contribution in [0.4, 0.5) is 10.1 Å². The Morgan fingerprint density at radius 3 is 1.93 bits per heavy atom. The van der Waals surface area contributed by atoms with Gasteiger partial charge in [-0.1, -0.05) is 62.4 Å². The summed E-state index contributed by atoms with van der Waals surface area (Å²) in [6.07, 6.45) is -2.51. The van der Waals surface area contributed by atoms with E-state index in [9.17, 15) is 24.2 Å². The summed E-state index contributed by atoms with van der Waals surface area (Å²) in [4.78, 5) is 25.0. The van der Waals surface area contributed by atoms with Crippen LogP contribution in [0.25, 0.3) is 22.4 Å². The fourth-order valence-electron chi connectivity index (χ4n) is 5.20. The first-order chi connectivity index (χ1) is 19.7. The molecule has 10 nitrogen and oxygen atoms in total. The van der Waals surface area contributed by atoms with E-state index in [0.29, 0.717) is 28.1 Å². The fraction of sp³-hybridized carbons (Fsp3) is 0.273. The molecule has 1 amide bonds. The number of benzene rings is 3. The average Bonchev–Trinajstić information content (AvgIpc) is 3.28. The first-order valence-corrected chi connectivity index (χ1v) is 13.7. The zero-order chi connectivity index (χ0) is 29.5. The van der Waals surface area contributed by atoms with Crippen LogP contribution in [0.15, 0.2) is 84.9 Å². The summed E-state index contributed by atoms with van der Waals surface area (Å²) in [5.74, 6) is -1.93. The predicted octanol–water partition coefficient (Wildman–Crippen LogP) is 3.68. The van der Waals surface area contributed by atoms with Gasteiger partial charge in [-0.25, -0.2) is 4.39 Å². The van der Waals surface area contributed by atoms with E-state index in [2.05, 4.69) is 5.32 Å². The van der Waals surface area contributed by atoms with Crippen LogP contribution in [0.1, 0.15) is 57.9 Å². The van der Waals surface area contributed by atoms with Crippen LogP contribution in [0.5, 0.6) is 0 Å². The van der Waals surface area contributed by atoms with E-state index in [-0.39, 0.29) is 94.0 Å². The first-order valence-electron chi connectivity index (χ1n) is 13.7. The van der Waals surface area contributed by atoms with Crippen molar-refractivity contribution in [3.8, 4) is 22.4 Å². The van der Waals surface area contributed by atoms with Gasteiger partial charge < -0.3 is 44.5 Å². The Kier molecular flexibility index (Phi) is 18.0. The topological polar surface area (TPSA) is 206 Å². The number of rotatable bonds is 12. The molecule has 0 unspecified atom stereocenters. The molecule has 2 atom stereocenters. The van der Waals surface area contributed by atoms with Crippen molar-refractivity contribution in [2.24, 2.45) is 0 Å². The monoisotopic (exact) mass is 654 g/mol. The normalized spacial score (nSPS) is 11.6. The molecule has 12 heteroatoms. The molecule has 4 rings (SSSR count). The molecule has 0 fully saturated rings. The maximum absolute atomic E-state index is 14.0. The number of carboxylic acids is 1. The minimum Gasteiger partial charge on any atom is -1.00 e. The number of aromatic nitrogens is 1. The van der Waals surface area contributed by atoms with Crippen LogP contribution in [0.3, 0.4) is 0 Å². The summed E-state index contributed by atoms with van der Waals surface area (Å²) in [7, 11) is 0. The minimum atomic E-state index is -1.18. The van der Waals surface area contributed by atoms with Crippen molar-refractivity contribution < 1.29 is 48.6 Å². The van der Waals surface area contributed by atoms with Crippen LogP contribution < -0.4 is 5.32 Å². The largest absolute Gasteiger partial charge is 2.00 e. The number of anilines is 1. The summed E-state index contributed by atoms with van der Waals surface area (Å²) < 4.78 is 16.0. The molecule has 242 valence electrons. The number of carboxylic acid groups (broad SMARTS) is 1. The second-order valence-electron chi connectivity index (χ2n) is 10.4. The SMILES string of the molecule is CC(C)c1c(C(=O)Nc2ccccc2)c(-c2ccccc2)c(-c2ccc(F)cc2)n1CC[C@@H](O)C[C@@H](O)CC(=O)O.O.O.O.[Ca+2].[H-].[H-]. The maximum atomic E-state index is 14.0. The van der Waals surface area contributed by atoms with Gasteiger partial charge in [0.25, 0.3) is 5.91 Å². The number of hydrogen-bond acceptors (Lipinski definition) is 4. The minimum absolute atomic E-state index is 0. The summed E-state index contributed by atoms with van der Waals surface area (Å²) >= 11 is 0. The van der Waals surface area contributed by atoms with Crippen molar-refractivity contribution in [3.05, 3.63) is 102 Å². The van der Waals surface area contributed by atoms with E-state index < -0.39 is 24.6 Å². The molecule has 10 N–H and O–H groups in total. The third kappa shape index (κ3) is 10.7. The number of hydrogen-bond donors (Lipinski definition) is 4. The number of nitrogens with one attached hydrogen (secondary N) is 1. The van der Waals surface area contributed by atoms with Crippen molar-refractivity contribution in [3.63, 3.8) is 0 Å².